The van der Waals surface area contributed by atoms with Gasteiger partial charge in [-0.2, -0.15) is 11.8 Å². The topological polar surface area (TPSA) is 20.3 Å². The number of amides is 1. The molecule has 0 aromatic rings. The number of hydrogen-bond acceptors (Lipinski definition) is 2. The minimum absolute atomic E-state index is 0.284. The van der Waals surface area contributed by atoms with Crippen LogP contribution in [0.4, 0.5) is 0 Å². The van der Waals surface area contributed by atoms with Gasteiger partial charge in [-0.05, 0) is 30.9 Å². The zero-order valence-electron chi connectivity index (χ0n) is 9.12. The third-order valence-corrected chi connectivity index (χ3v) is 4.88. The lowest BCUT2D eigenvalue weighted by atomic mass is 9.84. The maximum atomic E-state index is 12.0. The molecule has 1 saturated carbocycles. The number of alkyl halides is 1. The fourth-order valence-corrected chi connectivity index (χ4v) is 4.04. The molecular formula is C11H18ClNOS. The monoisotopic (exact) mass is 247 g/mol. The van der Waals surface area contributed by atoms with Gasteiger partial charge in [-0.15, -0.1) is 11.6 Å². The van der Waals surface area contributed by atoms with Crippen LogP contribution in [0.15, 0.2) is 0 Å². The van der Waals surface area contributed by atoms with E-state index >= 15 is 0 Å². The molecule has 4 heteroatoms. The van der Waals surface area contributed by atoms with E-state index in [-0.39, 0.29) is 5.92 Å². The average molecular weight is 248 g/mol. The van der Waals surface area contributed by atoms with Gasteiger partial charge in [-0.25, -0.2) is 0 Å². The van der Waals surface area contributed by atoms with Gasteiger partial charge in [0.25, 0.3) is 0 Å². The van der Waals surface area contributed by atoms with Gasteiger partial charge in [0.1, 0.15) is 0 Å². The van der Waals surface area contributed by atoms with Crippen LogP contribution in [-0.4, -0.2) is 41.3 Å². The average Bonchev–Trinajstić information content (AvgIpc) is 2.66. The fourth-order valence-electron chi connectivity index (χ4n) is 2.32. The third kappa shape index (κ3) is 2.82. The second-order valence-corrected chi connectivity index (χ2v) is 6.48. The van der Waals surface area contributed by atoms with Crippen molar-refractivity contribution in [2.24, 2.45) is 11.8 Å². The first-order valence-corrected chi connectivity index (χ1v) is 7.22. The molecule has 2 rings (SSSR count). The van der Waals surface area contributed by atoms with Crippen LogP contribution < -0.4 is 0 Å². The van der Waals surface area contributed by atoms with Crippen LogP contribution in [0.5, 0.6) is 0 Å². The molecule has 2 fully saturated rings. The zero-order chi connectivity index (χ0) is 10.8. The van der Waals surface area contributed by atoms with Crippen LogP contribution in [0, 0.1) is 11.8 Å². The van der Waals surface area contributed by atoms with E-state index in [0.29, 0.717) is 17.2 Å². The maximum absolute atomic E-state index is 12.0. The van der Waals surface area contributed by atoms with Crippen molar-refractivity contribution in [2.75, 3.05) is 25.1 Å². The lowest BCUT2D eigenvalue weighted by Gasteiger charge is -2.34. The molecule has 0 aromatic heterocycles. The molecule has 1 saturated heterocycles. The Kier molecular flexibility index (Phi) is 3.83. The Bertz CT molecular complexity index is 237. The summed E-state index contributed by atoms with van der Waals surface area (Å²) in [5, 5.41) is 0.362. The summed E-state index contributed by atoms with van der Waals surface area (Å²) in [5.41, 5.74) is 0. The third-order valence-electron chi connectivity index (χ3n) is 3.37. The van der Waals surface area contributed by atoms with Gasteiger partial charge < -0.3 is 4.90 Å². The van der Waals surface area contributed by atoms with Gasteiger partial charge in [0.05, 0.1) is 0 Å². The minimum atomic E-state index is 0.284. The first-order valence-electron chi connectivity index (χ1n) is 5.63. The number of rotatable bonds is 3. The summed E-state index contributed by atoms with van der Waals surface area (Å²) in [6, 6.07) is 0. The van der Waals surface area contributed by atoms with E-state index in [2.05, 4.69) is 0 Å². The summed E-state index contributed by atoms with van der Waals surface area (Å²) in [4.78, 5) is 13.9. The molecule has 1 atom stereocenters. The Labute approximate surface area is 101 Å². The van der Waals surface area contributed by atoms with E-state index in [1.807, 2.05) is 23.7 Å². The molecule has 2 nitrogen and oxygen atoms in total. The number of halogens is 1. The van der Waals surface area contributed by atoms with Crippen molar-refractivity contribution in [1.29, 1.82) is 0 Å². The number of carbonyl (C=O) groups is 1. The van der Waals surface area contributed by atoms with Crippen molar-refractivity contribution < 1.29 is 4.79 Å². The number of thioether (sulfide) groups is 1. The van der Waals surface area contributed by atoms with Gasteiger partial charge in [0, 0.05) is 30.6 Å². The standard InChI is InChI=1S/C11H18ClNOS/c1-13(6-8-4-10(12)5-8)11(14)9-2-3-15-7-9/h8-10H,2-7H2,1H3. The highest BCUT2D eigenvalue weighted by Gasteiger charge is 2.31. The summed E-state index contributed by atoms with van der Waals surface area (Å²) in [6.45, 7) is 0.906. The molecule has 1 amide bonds. The van der Waals surface area contributed by atoms with Gasteiger partial charge in [0.2, 0.25) is 5.91 Å². The smallest absolute Gasteiger partial charge is 0.226 e. The lowest BCUT2D eigenvalue weighted by molar-refractivity contribution is -0.134. The predicted molar refractivity (Wildman–Crippen MR) is 65.4 cm³/mol. The molecule has 0 radical (unpaired) electrons. The Morgan fingerprint density at radius 1 is 1.53 bits per heavy atom. The summed E-state index contributed by atoms with van der Waals surface area (Å²) in [6.07, 6.45) is 3.23. The number of hydrogen-bond donors (Lipinski definition) is 0. The largest absolute Gasteiger partial charge is 0.345 e. The fraction of sp³-hybridized carbons (Fsp3) is 0.909. The molecule has 86 valence electrons. The van der Waals surface area contributed by atoms with Gasteiger partial charge in [-0.1, -0.05) is 0 Å². The molecule has 0 spiro atoms. The molecule has 1 aliphatic carbocycles. The van der Waals surface area contributed by atoms with Crippen LogP contribution in [0.3, 0.4) is 0 Å². The van der Waals surface area contributed by atoms with Gasteiger partial charge in [-0.3, -0.25) is 4.79 Å². The van der Waals surface area contributed by atoms with Gasteiger partial charge in [0.15, 0.2) is 0 Å². The first kappa shape index (κ1) is 11.6. The highest BCUT2D eigenvalue weighted by atomic mass is 35.5. The van der Waals surface area contributed by atoms with E-state index in [1.54, 1.807) is 0 Å². The summed E-state index contributed by atoms with van der Waals surface area (Å²) in [7, 11) is 1.94. The summed E-state index contributed by atoms with van der Waals surface area (Å²) < 4.78 is 0. The molecule has 1 aliphatic heterocycles. The van der Waals surface area contributed by atoms with Crippen LogP contribution >= 0.6 is 23.4 Å². The molecule has 1 unspecified atom stereocenters. The van der Waals surface area contributed by atoms with Crippen molar-refractivity contribution in [3.63, 3.8) is 0 Å². The lowest BCUT2D eigenvalue weighted by Crippen LogP contribution is -2.40. The first-order chi connectivity index (χ1) is 7.16. The second-order valence-electron chi connectivity index (χ2n) is 4.71. The van der Waals surface area contributed by atoms with Gasteiger partial charge >= 0.3 is 0 Å². The van der Waals surface area contributed by atoms with Crippen molar-refractivity contribution in [3.05, 3.63) is 0 Å². The van der Waals surface area contributed by atoms with E-state index in [0.717, 1.165) is 37.3 Å². The summed E-state index contributed by atoms with van der Waals surface area (Å²) in [5.74, 6) is 3.45. The second kappa shape index (κ2) is 4.96. The molecule has 0 N–H and O–H groups in total. The molecule has 1 heterocycles. The Morgan fingerprint density at radius 2 is 2.27 bits per heavy atom. The van der Waals surface area contributed by atoms with Crippen molar-refractivity contribution in [3.8, 4) is 0 Å². The highest BCUT2D eigenvalue weighted by Crippen LogP contribution is 2.33. The van der Waals surface area contributed by atoms with Crippen molar-refractivity contribution >= 4 is 29.3 Å². The Morgan fingerprint density at radius 3 is 2.80 bits per heavy atom. The van der Waals surface area contributed by atoms with Crippen molar-refractivity contribution in [1.82, 2.24) is 4.90 Å². The summed E-state index contributed by atoms with van der Waals surface area (Å²) >= 11 is 7.83. The maximum Gasteiger partial charge on any atom is 0.226 e. The highest BCUT2D eigenvalue weighted by molar-refractivity contribution is 7.99. The van der Waals surface area contributed by atoms with Crippen LogP contribution in [0.25, 0.3) is 0 Å². The SMILES string of the molecule is CN(CC1CC(Cl)C1)C(=O)C1CCSC1. The number of carbonyl (C=O) groups excluding carboxylic acids is 1. The van der Waals surface area contributed by atoms with E-state index in [1.165, 1.54) is 0 Å². The predicted octanol–water partition coefficient (Wildman–Crippen LogP) is 2.22. The molecule has 0 aromatic carbocycles. The van der Waals surface area contributed by atoms with E-state index in [9.17, 15) is 4.79 Å². The van der Waals surface area contributed by atoms with E-state index < -0.39 is 0 Å². The Hall–Kier alpha value is 0.110. The Balaban J connectivity index is 1.74. The molecule has 15 heavy (non-hydrogen) atoms. The molecular weight excluding hydrogens is 230 g/mol. The van der Waals surface area contributed by atoms with E-state index in [4.69, 9.17) is 11.6 Å². The quantitative estimate of drug-likeness (QED) is 0.713. The molecule has 2 aliphatic rings. The van der Waals surface area contributed by atoms with Crippen molar-refractivity contribution in [2.45, 2.75) is 24.6 Å². The van der Waals surface area contributed by atoms with Crippen LogP contribution in [0.2, 0.25) is 0 Å². The normalized spacial score (nSPS) is 34.9. The zero-order valence-corrected chi connectivity index (χ0v) is 10.7. The van der Waals surface area contributed by atoms with Crippen LogP contribution in [0.1, 0.15) is 19.3 Å². The van der Waals surface area contributed by atoms with Crippen LogP contribution in [-0.2, 0) is 4.79 Å². The minimum Gasteiger partial charge on any atom is -0.345 e. The molecule has 0 bridgehead atoms. The number of nitrogens with zero attached hydrogens (tertiary/aromatic N) is 1.